The van der Waals surface area contributed by atoms with E-state index in [0.29, 0.717) is 6.04 Å². The molecule has 0 aromatic carbocycles. The lowest BCUT2D eigenvalue weighted by Gasteiger charge is -2.24. The Morgan fingerprint density at radius 3 is 2.56 bits per heavy atom. The van der Waals surface area contributed by atoms with Crippen molar-refractivity contribution in [1.29, 1.82) is 0 Å². The van der Waals surface area contributed by atoms with Crippen LogP contribution in [0.25, 0.3) is 0 Å². The molecule has 1 aromatic heterocycles. The van der Waals surface area contributed by atoms with Crippen LogP contribution in [0.2, 0.25) is 0 Å². The summed E-state index contributed by atoms with van der Waals surface area (Å²) in [5, 5.41) is 3.09. The Bertz CT molecular complexity index is 294. The molecule has 0 saturated heterocycles. The average Bonchev–Trinajstić information content (AvgIpc) is 2.65. The van der Waals surface area contributed by atoms with E-state index >= 15 is 0 Å². The fourth-order valence-electron chi connectivity index (χ4n) is 1.78. The Morgan fingerprint density at radius 2 is 2.00 bits per heavy atom. The monoisotopic (exact) mass is 224 g/mol. The van der Waals surface area contributed by atoms with Gasteiger partial charge in [-0.25, -0.2) is 0 Å². The molecule has 0 saturated carbocycles. The molecule has 0 bridgehead atoms. The van der Waals surface area contributed by atoms with Gasteiger partial charge in [-0.2, -0.15) is 0 Å². The third kappa shape index (κ3) is 3.99. The highest BCUT2D eigenvalue weighted by Crippen LogP contribution is 2.12. The molecule has 16 heavy (non-hydrogen) atoms. The molecule has 0 atom stereocenters. The summed E-state index contributed by atoms with van der Waals surface area (Å²) >= 11 is 0. The van der Waals surface area contributed by atoms with Crippen LogP contribution in [0.5, 0.6) is 0 Å². The third-order valence-corrected chi connectivity index (χ3v) is 2.67. The van der Waals surface area contributed by atoms with Crippen LogP contribution in [0, 0.1) is 0 Å². The first-order valence-electron chi connectivity index (χ1n) is 6.13. The van der Waals surface area contributed by atoms with E-state index < -0.39 is 0 Å². The van der Waals surface area contributed by atoms with Crippen molar-refractivity contribution >= 4 is 0 Å². The van der Waals surface area contributed by atoms with Gasteiger partial charge < -0.3 is 9.73 Å². The van der Waals surface area contributed by atoms with Crippen molar-refractivity contribution in [3.05, 3.63) is 23.7 Å². The summed E-state index contributed by atoms with van der Waals surface area (Å²) in [5.41, 5.74) is 0. The van der Waals surface area contributed by atoms with E-state index in [2.05, 4.69) is 43.1 Å². The van der Waals surface area contributed by atoms with E-state index in [-0.39, 0.29) is 0 Å². The minimum absolute atomic E-state index is 0.567. The number of hydrogen-bond donors (Lipinski definition) is 1. The van der Waals surface area contributed by atoms with E-state index in [1.54, 1.807) is 0 Å². The van der Waals surface area contributed by atoms with Gasteiger partial charge in [0.1, 0.15) is 11.5 Å². The predicted octanol–water partition coefficient (Wildman–Crippen LogP) is 2.62. The summed E-state index contributed by atoms with van der Waals surface area (Å²) in [6.07, 6.45) is 1.18. The maximum Gasteiger partial charge on any atom is 0.118 e. The maximum absolute atomic E-state index is 5.75. The van der Waals surface area contributed by atoms with Crippen molar-refractivity contribution in [2.75, 3.05) is 13.6 Å². The molecule has 0 fully saturated rings. The Kier molecular flexibility index (Phi) is 5.56. The molecule has 0 radical (unpaired) electrons. The van der Waals surface area contributed by atoms with E-state index in [9.17, 15) is 0 Å². The summed E-state index contributed by atoms with van der Waals surface area (Å²) in [7, 11) is 1.93. The van der Waals surface area contributed by atoms with Crippen LogP contribution >= 0.6 is 0 Å². The van der Waals surface area contributed by atoms with Crippen molar-refractivity contribution in [2.24, 2.45) is 0 Å². The molecule has 1 heterocycles. The number of nitrogens with zero attached hydrogens (tertiary/aromatic N) is 1. The summed E-state index contributed by atoms with van der Waals surface area (Å²) in [6.45, 7) is 9.51. The quantitative estimate of drug-likeness (QED) is 0.771. The second kappa shape index (κ2) is 6.71. The van der Waals surface area contributed by atoms with Gasteiger partial charge in [-0.1, -0.05) is 6.92 Å². The first-order chi connectivity index (χ1) is 7.67. The fourth-order valence-corrected chi connectivity index (χ4v) is 1.78. The lowest BCUT2D eigenvalue weighted by Crippen LogP contribution is -2.30. The highest BCUT2D eigenvalue weighted by molar-refractivity contribution is 5.07. The van der Waals surface area contributed by atoms with Gasteiger partial charge in [-0.15, -0.1) is 0 Å². The van der Waals surface area contributed by atoms with Crippen molar-refractivity contribution < 1.29 is 4.42 Å². The van der Waals surface area contributed by atoms with Gasteiger partial charge in [0, 0.05) is 6.04 Å². The van der Waals surface area contributed by atoms with E-state index in [4.69, 9.17) is 4.42 Å². The number of furan rings is 1. The van der Waals surface area contributed by atoms with Gasteiger partial charge >= 0.3 is 0 Å². The molecule has 0 aliphatic carbocycles. The van der Waals surface area contributed by atoms with Crippen molar-refractivity contribution in [2.45, 2.75) is 46.3 Å². The number of hydrogen-bond acceptors (Lipinski definition) is 3. The molecule has 1 rings (SSSR count). The molecule has 0 amide bonds. The molecule has 3 heteroatoms. The van der Waals surface area contributed by atoms with Gasteiger partial charge in [-0.05, 0) is 46.0 Å². The highest BCUT2D eigenvalue weighted by atomic mass is 16.3. The van der Waals surface area contributed by atoms with Gasteiger partial charge in [0.25, 0.3) is 0 Å². The molecule has 0 aliphatic rings. The smallest absolute Gasteiger partial charge is 0.118 e. The zero-order valence-electron chi connectivity index (χ0n) is 10.9. The van der Waals surface area contributed by atoms with Gasteiger partial charge in [0.05, 0.1) is 13.1 Å². The first-order valence-corrected chi connectivity index (χ1v) is 6.13. The second-order valence-electron chi connectivity index (χ2n) is 4.46. The lowest BCUT2D eigenvalue weighted by molar-refractivity contribution is 0.195. The Hall–Kier alpha value is -0.800. The number of rotatable bonds is 7. The second-order valence-corrected chi connectivity index (χ2v) is 4.46. The zero-order valence-corrected chi connectivity index (χ0v) is 10.9. The van der Waals surface area contributed by atoms with Crippen LogP contribution in [0.3, 0.4) is 0 Å². The molecule has 0 aliphatic heterocycles. The summed E-state index contributed by atoms with van der Waals surface area (Å²) in [5.74, 6) is 2.07. The lowest BCUT2D eigenvalue weighted by atomic mass is 10.2. The Labute approximate surface area is 98.8 Å². The summed E-state index contributed by atoms with van der Waals surface area (Å²) in [6, 6.07) is 4.70. The van der Waals surface area contributed by atoms with Crippen LogP contribution in [-0.4, -0.2) is 24.5 Å². The molecule has 0 spiro atoms. The fraction of sp³-hybridized carbons (Fsp3) is 0.692. The normalized spacial score (nSPS) is 11.6. The van der Waals surface area contributed by atoms with Crippen molar-refractivity contribution in [3.63, 3.8) is 0 Å². The van der Waals surface area contributed by atoms with Crippen LogP contribution in [0.15, 0.2) is 16.5 Å². The molecular weight excluding hydrogens is 200 g/mol. The van der Waals surface area contributed by atoms with E-state index in [1.807, 2.05) is 7.05 Å². The standard InChI is InChI=1S/C13H24N2O/c1-5-8-15(11(2)3)10-13-7-6-12(16-13)9-14-4/h6-7,11,14H,5,8-10H2,1-4H3. The Morgan fingerprint density at radius 1 is 1.31 bits per heavy atom. The van der Waals surface area contributed by atoms with Gasteiger partial charge in [0.15, 0.2) is 0 Å². The molecule has 92 valence electrons. The first kappa shape index (κ1) is 13.3. The van der Waals surface area contributed by atoms with E-state index in [1.165, 1.54) is 6.42 Å². The molecule has 0 unspecified atom stereocenters. The van der Waals surface area contributed by atoms with Crippen LogP contribution in [-0.2, 0) is 13.1 Å². The molecular formula is C13H24N2O. The van der Waals surface area contributed by atoms with E-state index in [0.717, 1.165) is 31.2 Å². The van der Waals surface area contributed by atoms with Crippen LogP contribution in [0.1, 0.15) is 38.7 Å². The van der Waals surface area contributed by atoms with Crippen LogP contribution < -0.4 is 5.32 Å². The minimum atomic E-state index is 0.567. The highest BCUT2D eigenvalue weighted by Gasteiger charge is 2.11. The maximum atomic E-state index is 5.75. The summed E-state index contributed by atoms with van der Waals surface area (Å²) < 4.78 is 5.75. The van der Waals surface area contributed by atoms with Gasteiger partial charge in [0.2, 0.25) is 0 Å². The molecule has 1 N–H and O–H groups in total. The third-order valence-electron chi connectivity index (χ3n) is 2.67. The largest absolute Gasteiger partial charge is 0.463 e. The molecule has 1 aromatic rings. The van der Waals surface area contributed by atoms with Crippen LogP contribution in [0.4, 0.5) is 0 Å². The summed E-state index contributed by atoms with van der Waals surface area (Å²) in [4.78, 5) is 2.43. The predicted molar refractivity (Wildman–Crippen MR) is 67.3 cm³/mol. The van der Waals surface area contributed by atoms with Crippen molar-refractivity contribution in [1.82, 2.24) is 10.2 Å². The zero-order chi connectivity index (χ0) is 12.0. The van der Waals surface area contributed by atoms with Gasteiger partial charge in [-0.3, -0.25) is 4.90 Å². The van der Waals surface area contributed by atoms with Crippen molar-refractivity contribution in [3.8, 4) is 0 Å². The topological polar surface area (TPSA) is 28.4 Å². The number of nitrogens with one attached hydrogen (secondary N) is 1. The minimum Gasteiger partial charge on any atom is -0.463 e. The molecule has 3 nitrogen and oxygen atoms in total. The SMILES string of the molecule is CCCN(Cc1ccc(CNC)o1)C(C)C. The Balaban J connectivity index is 2.55. The average molecular weight is 224 g/mol.